The van der Waals surface area contributed by atoms with Gasteiger partial charge in [-0.15, -0.1) is 11.3 Å². The van der Waals surface area contributed by atoms with Crippen LogP contribution in [-0.2, 0) is 11.3 Å². The van der Waals surface area contributed by atoms with Crippen LogP contribution in [0.1, 0.15) is 32.1 Å². The molecular formula is C26H21N5O5S2. The van der Waals surface area contributed by atoms with Crippen molar-refractivity contribution in [3.05, 3.63) is 96.0 Å². The van der Waals surface area contributed by atoms with Crippen molar-refractivity contribution in [3.63, 3.8) is 0 Å². The molecule has 0 saturated carbocycles. The summed E-state index contributed by atoms with van der Waals surface area (Å²) in [6.07, 6.45) is 6.06. The van der Waals surface area contributed by atoms with E-state index in [1.807, 2.05) is 6.07 Å². The van der Waals surface area contributed by atoms with Crippen LogP contribution in [0.3, 0.4) is 0 Å². The zero-order valence-corrected chi connectivity index (χ0v) is 22.2. The van der Waals surface area contributed by atoms with Crippen molar-refractivity contribution < 1.29 is 14.1 Å². The number of nitriles is 1. The van der Waals surface area contributed by atoms with Gasteiger partial charge in [0.15, 0.2) is 10.9 Å². The normalized spacial score (nSPS) is 12.7. The van der Waals surface area contributed by atoms with E-state index < -0.39 is 21.7 Å². The Bertz CT molecular complexity index is 1730. The first-order chi connectivity index (χ1) is 18.1. The van der Waals surface area contributed by atoms with E-state index in [9.17, 15) is 25.0 Å². The number of nitrogens with zero attached hydrogens (tertiary/aromatic N) is 5. The second-order valence-corrected chi connectivity index (χ2v) is 11.1. The van der Waals surface area contributed by atoms with Gasteiger partial charge >= 0.3 is 0 Å². The van der Waals surface area contributed by atoms with Crippen LogP contribution in [0.25, 0.3) is 11.6 Å². The van der Waals surface area contributed by atoms with Gasteiger partial charge in [-0.1, -0.05) is 26.8 Å². The summed E-state index contributed by atoms with van der Waals surface area (Å²) in [5.41, 5.74) is -1.19. The van der Waals surface area contributed by atoms with Crippen LogP contribution < -0.4 is 14.8 Å². The van der Waals surface area contributed by atoms with Crippen LogP contribution >= 0.6 is 23.1 Å². The number of hydrogen-bond donors (Lipinski definition) is 0. The quantitative estimate of drug-likeness (QED) is 0.193. The first kappa shape index (κ1) is 26.7. The number of benzene rings is 1. The van der Waals surface area contributed by atoms with E-state index >= 15 is 0 Å². The Morgan fingerprint density at radius 2 is 2.00 bits per heavy atom. The number of thiazole rings is 1. The average molecular weight is 548 g/mol. The van der Waals surface area contributed by atoms with Crippen LogP contribution in [0, 0.1) is 26.9 Å². The van der Waals surface area contributed by atoms with Crippen molar-refractivity contribution in [3.8, 4) is 6.07 Å². The van der Waals surface area contributed by atoms with Crippen molar-refractivity contribution in [2.24, 2.45) is 5.41 Å². The number of hydrogen-bond acceptors (Lipinski definition) is 10. The third-order valence-corrected chi connectivity index (χ3v) is 7.35. The lowest BCUT2D eigenvalue weighted by atomic mass is 9.87. The van der Waals surface area contributed by atoms with Crippen molar-refractivity contribution in [1.82, 2.24) is 14.5 Å². The van der Waals surface area contributed by atoms with Crippen LogP contribution in [-0.4, -0.2) is 25.2 Å². The van der Waals surface area contributed by atoms with Crippen LogP contribution in [0.5, 0.6) is 0 Å². The Balaban J connectivity index is 1.89. The zero-order valence-electron chi connectivity index (χ0n) is 20.6. The Morgan fingerprint density at radius 3 is 2.61 bits per heavy atom. The SMILES string of the molecule is CC(C)(C)C(=O)/C(C#N)=c1\s/c(=C/c2ccc(Sc3ncccn3)c([N+](=O)[O-])c2)c(=O)n1Cc1ccco1. The second kappa shape index (κ2) is 11.0. The van der Waals surface area contributed by atoms with Crippen molar-refractivity contribution >= 4 is 46.2 Å². The Kier molecular flexibility index (Phi) is 7.70. The molecule has 0 saturated heterocycles. The predicted octanol–water partition coefficient (Wildman–Crippen LogP) is 3.52. The zero-order chi connectivity index (χ0) is 27.4. The molecule has 1 aromatic carbocycles. The van der Waals surface area contributed by atoms with E-state index in [4.69, 9.17) is 4.42 Å². The minimum Gasteiger partial charge on any atom is -0.467 e. The number of carbonyl (C=O) groups excluding carboxylic acids is 1. The van der Waals surface area contributed by atoms with E-state index in [1.165, 1.54) is 23.0 Å². The van der Waals surface area contributed by atoms with Crippen molar-refractivity contribution in [2.75, 3.05) is 0 Å². The maximum atomic E-state index is 13.5. The number of nitro benzene ring substituents is 1. The van der Waals surface area contributed by atoms with Gasteiger partial charge in [0.25, 0.3) is 11.2 Å². The van der Waals surface area contributed by atoms with Gasteiger partial charge in [-0.25, -0.2) is 9.97 Å². The Labute approximate surface area is 224 Å². The highest BCUT2D eigenvalue weighted by Gasteiger charge is 2.27. The molecule has 0 bridgehead atoms. The van der Waals surface area contributed by atoms with E-state index in [0.29, 0.717) is 21.4 Å². The summed E-state index contributed by atoms with van der Waals surface area (Å²) in [5.74, 6) is 0.0690. The highest BCUT2D eigenvalue weighted by molar-refractivity contribution is 7.99. The molecule has 192 valence electrons. The summed E-state index contributed by atoms with van der Waals surface area (Å²) >= 11 is 2.03. The van der Waals surface area contributed by atoms with Crippen molar-refractivity contribution in [1.29, 1.82) is 5.26 Å². The van der Waals surface area contributed by atoms with Crippen LogP contribution in [0.2, 0.25) is 0 Å². The summed E-state index contributed by atoms with van der Waals surface area (Å²) in [4.78, 5) is 46.3. The molecule has 0 amide bonds. The molecule has 0 spiro atoms. The number of ketones is 1. The molecular weight excluding hydrogens is 526 g/mol. The van der Waals surface area contributed by atoms with Crippen LogP contribution in [0.4, 0.5) is 5.69 Å². The van der Waals surface area contributed by atoms with Gasteiger partial charge in [0.2, 0.25) is 0 Å². The first-order valence-electron chi connectivity index (χ1n) is 11.2. The molecule has 0 N–H and O–H groups in total. The lowest BCUT2D eigenvalue weighted by molar-refractivity contribution is -0.387. The topological polar surface area (TPSA) is 145 Å². The lowest BCUT2D eigenvalue weighted by Crippen LogP contribution is -2.34. The highest BCUT2D eigenvalue weighted by Crippen LogP contribution is 2.33. The molecule has 38 heavy (non-hydrogen) atoms. The molecule has 4 aromatic rings. The van der Waals surface area contributed by atoms with Gasteiger partial charge in [-0.05, 0) is 47.7 Å². The number of carbonyl (C=O) groups is 1. The Morgan fingerprint density at radius 1 is 1.26 bits per heavy atom. The summed E-state index contributed by atoms with van der Waals surface area (Å²) in [6.45, 7) is 5.10. The summed E-state index contributed by atoms with van der Waals surface area (Å²) in [5, 5.41) is 22.0. The molecule has 0 aliphatic heterocycles. The maximum Gasteiger partial charge on any atom is 0.283 e. The fourth-order valence-electron chi connectivity index (χ4n) is 3.42. The van der Waals surface area contributed by atoms with E-state index in [2.05, 4.69) is 9.97 Å². The third-order valence-electron chi connectivity index (χ3n) is 5.26. The first-order valence-corrected chi connectivity index (χ1v) is 12.9. The summed E-state index contributed by atoms with van der Waals surface area (Å²) in [7, 11) is 0. The number of Topliss-reactive ketones (excluding diaryl/α,β-unsaturated/α-hetero) is 1. The van der Waals surface area contributed by atoms with Gasteiger partial charge < -0.3 is 4.42 Å². The molecule has 3 aromatic heterocycles. The Hall–Kier alpha value is -4.34. The number of aromatic nitrogens is 3. The molecule has 4 rings (SSSR count). The largest absolute Gasteiger partial charge is 0.467 e. The molecule has 10 nitrogen and oxygen atoms in total. The fraction of sp³-hybridized carbons (Fsp3) is 0.192. The average Bonchev–Trinajstić information content (AvgIpc) is 3.50. The van der Waals surface area contributed by atoms with E-state index in [0.717, 1.165) is 23.1 Å². The standard InChI is InChI=1S/C26H21N5O5S2/c1-26(2,3)22(32)18(14-27)24-30(15-17-6-4-11-36-17)23(33)21(37-24)13-16-7-8-20(19(12-16)31(34)35)38-25-28-9-5-10-29-25/h4-13H,15H2,1-3H3/b21-13+,24-18-. The molecule has 0 atom stereocenters. The molecule has 0 aliphatic carbocycles. The predicted molar refractivity (Wildman–Crippen MR) is 142 cm³/mol. The monoisotopic (exact) mass is 547 g/mol. The van der Waals surface area contributed by atoms with Gasteiger partial charge in [-0.3, -0.25) is 24.3 Å². The van der Waals surface area contributed by atoms with Crippen molar-refractivity contribution in [2.45, 2.75) is 37.4 Å². The van der Waals surface area contributed by atoms with Gasteiger partial charge in [0.1, 0.15) is 22.1 Å². The summed E-state index contributed by atoms with van der Waals surface area (Å²) < 4.78 is 7.12. The summed E-state index contributed by atoms with van der Waals surface area (Å²) in [6, 6.07) is 11.5. The van der Waals surface area contributed by atoms with Crippen LogP contribution in [0.15, 0.2) is 74.3 Å². The lowest BCUT2D eigenvalue weighted by Gasteiger charge is -2.15. The molecule has 0 fully saturated rings. The molecule has 12 heteroatoms. The second-order valence-electron chi connectivity index (χ2n) is 9.07. The number of furan rings is 1. The molecule has 0 radical (unpaired) electrons. The fourth-order valence-corrected chi connectivity index (χ4v) is 5.32. The minimum atomic E-state index is -0.846. The molecule has 3 heterocycles. The number of nitro groups is 1. The van der Waals surface area contributed by atoms with E-state index in [-0.39, 0.29) is 27.0 Å². The highest BCUT2D eigenvalue weighted by atomic mass is 32.2. The van der Waals surface area contributed by atoms with Gasteiger partial charge in [0, 0.05) is 23.9 Å². The smallest absolute Gasteiger partial charge is 0.283 e. The molecule has 0 unspecified atom stereocenters. The van der Waals surface area contributed by atoms with Gasteiger partial charge in [0.05, 0.1) is 27.2 Å². The van der Waals surface area contributed by atoms with E-state index in [1.54, 1.807) is 63.5 Å². The number of rotatable bonds is 7. The van der Waals surface area contributed by atoms with Gasteiger partial charge in [-0.2, -0.15) is 5.26 Å². The third kappa shape index (κ3) is 5.80. The minimum absolute atomic E-state index is 0.0148. The maximum absolute atomic E-state index is 13.5. The molecule has 0 aliphatic rings.